The minimum Gasteiger partial charge on any atom is -0.447 e. The lowest BCUT2D eigenvalue weighted by atomic mass is 9.82. The largest absolute Gasteiger partial charge is 0.447 e. The molecule has 1 saturated heterocycles. The fourth-order valence-electron chi connectivity index (χ4n) is 7.87. The second-order valence-electron chi connectivity index (χ2n) is 16.1. The maximum Gasteiger partial charge on any atom is 0.407 e. The highest BCUT2D eigenvalue weighted by molar-refractivity contribution is 6.38. The second-order valence-corrected chi connectivity index (χ2v) is 16.1. The van der Waals surface area contributed by atoms with E-state index in [9.17, 15) is 28.8 Å². The molecule has 6 atom stereocenters. The van der Waals surface area contributed by atoms with Crippen molar-refractivity contribution in [3.8, 4) is 12.3 Å². The number of carbonyl (C=O) groups excluding carboxylic acids is 6. The van der Waals surface area contributed by atoms with Crippen molar-refractivity contribution in [2.24, 2.45) is 28.6 Å². The van der Waals surface area contributed by atoms with E-state index in [1.165, 1.54) is 6.08 Å². The number of ether oxygens (including phenoxy) is 1. The molecule has 13 heteroatoms. The molecule has 13 nitrogen and oxygen atoms in total. The van der Waals surface area contributed by atoms with Crippen molar-refractivity contribution in [1.82, 2.24) is 31.5 Å². The van der Waals surface area contributed by atoms with Gasteiger partial charge in [0.15, 0.2) is 0 Å². The molecule has 0 aromatic heterocycles. The Morgan fingerprint density at radius 2 is 1.71 bits per heavy atom. The zero-order valence-corrected chi connectivity index (χ0v) is 31.4. The molecule has 5 N–H and O–H groups in total. The lowest BCUT2D eigenvalue weighted by Gasteiger charge is -2.37. The van der Waals surface area contributed by atoms with Crippen molar-refractivity contribution in [2.75, 3.05) is 26.2 Å². The van der Waals surface area contributed by atoms with Gasteiger partial charge in [-0.2, -0.15) is 0 Å². The molecule has 3 rings (SSSR count). The number of terminal acetylenes is 1. The average molecular weight is 713 g/mol. The summed E-state index contributed by atoms with van der Waals surface area (Å²) in [6.07, 6.45) is 12.4. The Balaban J connectivity index is 1.90. The van der Waals surface area contributed by atoms with Crippen LogP contribution < -0.4 is 26.6 Å². The summed E-state index contributed by atoms with van der Waals surface area (Å²) >= 11 is 0. The van der Waals surface area contributed by atoms with Gasteiger partial charge in [-0.25, -0.2) is 9.59 Å². The van der Waals surface area contributed by atoms with E-state index in [0.717, 1.165) is 38.5 Å². The highest BCUT2D eigenvalue weighted by Crippen LogP contribution is 2.51. The molecule has 1 heterocycles. The predicted octanol–water partition coefficient (Wildman–Crippen LogP) is 3.43. The monoisotopic (exact) mass is 712 g/mol. The van der Waals surface area contributed by atoms with Gasteiger partial charge < -0.3 is 36.2 Å². The average Bonchev–Trinajstić information content (AvgIpc) is 3.57. The molecule has 2 saturated carbocycles. The topological polar surface area (TPSA) is 175 Å². The Morgan fingerprint density at radius 1 is 1.02 bits per heavy atom. The van der Waals surface area contributed by atoms with E-state index in [-0.39, 0.29) is 55.1 Å². The number of urea groups is 1. The van der Waals surface area contributed by atoms with Gasteiger partial charge in [-0.1, -0.05) is 60.0 Å². The second kappa shape index (κ2) is 18.4. The van der Waals surface area contributed by atoms with E-state index in [1.807, 2.05) is 20.8 Å². The number of hydrogen-bond acceptors (Lipinski definition) is 7. The highest BCUT2D eigenvalue weighted by Gasteiger charge is 2.55. The molecule has 0 spiro atoms. The van der Waals surface area contributed by atoms with Crippen LogP contribution in [0.4, 0.5) is 9.59 Å². The van der Waals surface area contributed by atoms with E-state index in [1.54, 1.807) is 11.8 Å². The first-order valence-electron chi connectivity index (χ1n) is 18.5. The molecule has 0 aromatic rings. The van der Waals surface area contributed by atoms with Crippen LogP contribution in [-0.2, 0) is 23.9 Å². The van der Waals surface area contributed by atoms with Gasteiger partial charge in [0, 0.05) is 26.1 Å². The fraction of sp³-hybridized carbons (Fsp3) is 0.737. The molecule has 2 aliphatic carbocycles. The quantitative estimate of drug-likeness (QED) is 0.0983. The Hall–Kier alpha value is -4.08. The molecule has 0 radical (unpaired) electrons. The zero-order valence-electron chi connectivity index (χ0n) is 31.4. The molecule has 6 amide bonds. The van der Waals surface area contributed by atoms with Crippen LogP contribution in [0.15, 0.2) is 12.7 Å². The number of fused-ring (bicyclic) bond motifs is 1. The first-order valence-corrected chi connectivity index (χ1v) is 18.5. The summed E-state index contributed by atoms with van der Waals surface area (Å²) in [6, 6.07) is -4.09. The van der Waals surface area contributed by atoms with Crippen molar-refractivity contribution in [1.29, 1.82) is 0 Å². The molecular formula is C38H60N6O7. The standard InChI is InChI=1S/C38H60N6O7/c1-9-12-18-27(31(45)33(47)40-19-10-2)41-32(46)30-26-21-38(7,8)20-25(26)22-44(30)34(48)29(24-16-14-13-15-17-24)43-35(49)42-28(37(4,5)6)23-51-36(50)39-11-3/h1,10,24-30H,2,11-23H2,3-8H3,(H,39,50)(H,40,47)(H,41,46)(H2,42,43,49)/t25?,26-,27?,28+,29?,30?/m0/s1. The number of rotatable bonds is 15. The van der Waals surface area contributed by atoms with Crippen molar-refractivity contribution in [2.45, 2.75) is 123 Å². The number of hydrogen-bond donors (Lipinski definition) is 5. The minimum atomic E-state index is -1.17. The summed E-state index contributed by atoms with van der Waals surface area (Å²) in [7, 11) is 0. The van der Waals surface area contributed by atoms with E-state index < -0.39 is 59.3 Å². The van der Waals surface area contributed by atoms with E-state index >= 15 is 0 Å². The van der Waals surface area contributed by atoms with Gasteiger partial charge >= 0.3 is 12.1 Å². The van der Waals surface area contributed by atoms with Gasteiger partial charge in [0.05, 0.1) is 12.1 Å². The summed E-state index contributed by atoms with van der Waals surface area (Å²) in [5.41, 5.74) is -0.530. The van der Waals surface area contributed by atoms with Crippen molar-refractivity contribution < 1.29 is 33.5 Å². The van der Waals surface area contributed by atoms with Gasteiger partial charge in [0.25, 0.3) is 5.91 Å². The summed E-state index contributed by atoms with van der Waals surface area (Å²) < 4.78 is 5.35. The molecular weight excluding hydrogens is 652 g/mol. The third-order valence-electron chi connectivity index (χ3n) is 10.5. The summed E-state index contributed by atoms with van der Waals surface area (Å²) in [4.78, 5) is 82.1. The molecule has 51 heavy (non-hydrogen) atoms. The Kier molecular flexibility index (Phi) is 14.9. The number of amides is 6. The first-order chi connectivity index (χ1) is 24.0. The maximum atomic E-state index is 14.7. The minimum absolute atomic E-state index is 0.0490. The van der Waals surface area contributed by atoms with Crippen molar-refractivity contribution >= 4 is 35.6 Å². The number of alkyl carbamates (subject to hydrolysis) is 1. The SMILES string of the molecule is C#CCCC(NC(=O)C1[C@H]2CC(C)(C)CC2CN1C(=O)C(NC(=O)N[C@H](COC(=O)NCC)C(C)(C)C)C1CCCCC1)C(=O)C(=O)NCC=C. The molecule has 4 unspecified atom stereocenters. The van der Waals surface area contributed by atoms with Gasteiger partial charge in [-0.05, 0) is 67.6 Å². The third-order valence-corrected chi connectivity index (χ3v) is 10.5. The number of likely N-dealkylation sites (tertiary alicyclic amines) is 1. The van der Waals surface area contributed by atoms with Crippen LogP contribution in [-0.4, -0.2) is 90.9 Å². The van der Waals surface area contributed by atoms with Crippen molar-refractivity contribution in [3.63, 3.8) is 0 Å². The van der Waals surface area contributed by atoms with Crippen LogP contribution in [0, 0.1) is 40.9 Å². The number of nitrogens with zero attached hydrogens (tertiary/aromatic N) is 1. The fourth-order valence-corrected chi connectivity index (χ4v) is 7.87. The summed E-state index contributed by atoms with van der Waals surface area (Å²) in [6.45, 7) is 16.1. The number of ketones is 1. The number of Topliss-reactive ketones (excluding diaryl/α,β-unsaturated/α-hetero) is 1. The predicted molar refractivity (Wildman–Crippen MR) is 194 cm³/mol. The van der Waals surface area contributed by atoms with Gasteiger partial charge in [-0.3, -0.25) is 19.2 Å². The zero-order chi connectivity index (χ0) is 37.9. The van der Waals surface area contributed by atoms with Crippen LogP contribution in [0.1, 0.15) is 99.3 Å². The van der Waals surface area contributed by atoms with E-state index in [2.05, 4.69) is 52.9 Å². The highest BCUT2D eigenvalue weighted by atomic mass is 16.5. The van der Waals surface area contributed by atoms with E-state index in [0.29, 0.717) is 19.5 Å². The third kappa shape index (κ3) is 11.5. The Morgan fingerprint density at radius 3 is 2.31 bits per heavy atom. The first kappa shape index (κ1) is 41.3. The molecule has 1 aliphatic heterocycles. The van der Waals surface area contributed by atoms with Crippen LogP contribution in [0.5, 0.6) is 0 Å². The number of nitrogens with one attached hydrogen (secondary N) is 5. The lowest BCUT2D eigenvalue weighted by molar-refractivity contribution is -0.144. The number of carbonyl (C=O) groups is 6. The molecule has 0 bridgehead atoms. The van der Waals surface area contributed by atoms with Crippen LogP contribution >= 0.6 is 0 Å². The van der Waals surface area contributed by atoms with E-state index in [4.69, 9.17) is 11.2 Å². The molecule has 3 aliphatic rings. The van der Waals surface area contributed by atoms with Gasteiger partial charge in [-0.15, -0.1) is 18.9 Å². The van der Waals surface area contributed by atoms with Crippen LogP contribution in [0.3, 0.4) is 0 Å². The summed E-state index contributed by atoms with van der Waals surface area (Å²) in [5.74, 6) is -0.310. The van der Waals surface area contributed by atoms with Crippen LogP contribution in [0.2, 0.25) is 0 Å². The molecule has 3 fully saturated rings. The maximum absolute atomic E-state index is 14.7. The normalized spacial score (nSPS) is 23.0. The van der Waals surface area contributed by atoms with Gasteiger partial charge in [0.1, 0.15) is 18.7 Å². The van der Waals surface area contributed by atoms with Gasteiger partial charge in [0.2, 0.25) is 17.6 Å². The van der Waals surface area contributed by atoms with Crippen LogP contribution in [0.25, 0.3) is 0 Å². The molecule has 0 aromatic carbocycles. The molecule has 284 valence electrons. The lowest BCUT2D eigenvalue weighted by Crippen LogP contribution is -2.61. The Bertz CT molecular complexity index is 1330. The smallest absolute Gasteiger partial charge is 0.407 e. The Labute approximate surface area is 303 Å². The summed E-state index contributed by atoms with van der Waals surface area (Å²) in [5, 5.41) is 13.8. The van der Waals surface area contributed by atoms with Crippen molar-refractivity contribution in [3.05, 3.63) is 12.7 Å².